The molecule has 1 aliphatic rings. The molecule has 4 rings (SSSR count). The first kappa shape index (κ1) is 13.2. The van der Waals surface area contributed by atoms with E-state index in [2.05, 4.69) is 15.1 Å². The summed E-state index contributed by atoms with van der Waals surface area (Å²) in [5, 5.41) is 13.3. The van der Waals surface area contributed by atoms with E-state index in [0.717, 1.165) is 18.5 Å². The number of pyridine rings is 1. The summed E-state index contributed by atoms with van der Waals surface area (Å²) in [6.45, 7) is -0.706. The highest BCUT2D eigenvalue weighted by molar-refractivity contribution is 5.94. The van der Waals surface area contributed by atoms with Crippen molar-refractivity contribution in [2.24, 2.45) is 5.73 Å². The van der Waals surface area contributed by atoms with Crippen LogP contribution in [0.5, 0.6) is 0 Å². The van der Waals surface area contributed by atoms with Crippen molar-refractivity contribution in [3.05, 3.63) is 53.4 Å². The molecule has 3 aromatic rings. The van der Waals surface area contributed by atoms with Gasteiger partial charge in [0.15, 0.2) is 5.65 Å². The molecule has 0 aliphatic carbocycles. The number of nitrogens with zero attached hydrogens (tertiary/aromatic N) is 5. The molecule has 2 atom stereocenters. The number of aromatic carboxylic acids is 1. The van der Waals surface area contributed by atoms with E-state index < -0.39 is 48.8 Å². The number of anilines is 1. The van der Waals surface area contributed by atoms with Gasteiger partial charge in [-0.25, -0.2) is 18.7 Å². The van der Waals surface area contributed by atoms with Crippen molar-refractivity contribution in [3.8, 4) is 0 Å². The maximum atomic E-state index is 14.4. The molecule has 1 fully saturated rings. The van der Waals surface area contributed by atoms with Crippen LogP contribution in [0.15, 0.2) is 30.7 Å². The summed E-state index contributed by atoms with van der Waals surface area (Å²) < 4.78 is 66.2. The fourth-order valence-corrected chi connectivity index (χ4v) is 3.24. The normalized spacial score (nSPS) is 23.6. The van der Waals surface area contributed by atoms with E-state index in [1.54, 1.807) is 0 Å². The number of hydrogen-bond acceptors (Lipinski definition) is 6. The first-order chi connectivity index (χ1) is 16.2. The minimum absolute atomic E-state index is 0.0268. The summed E-state index contributed by atoms with van der Waals surface area (Å²) in [5.41, 5.74) is 5.05. The number of carboxylic acid groups (broad SMARTS) is 1. The van der Waals surface area contributed by atoms with Gasteiger partial charge in [-0.15, -0.1) is 0 Å². The maximum absolute atomic E-state index is 14.4. The largest absolute Gasteiger partial charge is 0.477 e. The molecule has 152 valence electrons. The van der Waals surface area contributed by atoms with Crippen LogP contribution in [0.4, 0.5) is 10.2 Å². The number of halogens is 1. The zero-order valence-corrected chi connectivity index (χ0v) is 15.5. The molecule has 0 bridgehead atoms. The fourth-order valence-electron chi connectivity index (χ4n) is 3.24. The van der Waals surface area contributed by atoms with Crippen molar-refractivity contribution in [1.82, 2.24) is 19.6 Å². The first-order valence-corrected chi connectivity index (χ1v) is 8.97. The summed E-state index contributed by atoms with van der Waals surface area (Å²) >= 11 is 0. The highest BCUT2D eigenvalue weighted by atomic mass is 19.1. The fraction of sp³-hybridized carbons (Fsp3) is 0.400. The van der Waals surface area contributed by atoms with Gasteiger partial charge in [-0.1, -0.05) is 0 Å². The number of fused-ring (bicyclic) bond motifs is 1. The third-order valence-electron chi connectivity index (χ3n) is 4.50. The highest BCUT2D eigenvalue weighted by Gasteiger charge is 2.30. The molecule has 1 unspecified atom stereocenters. The lowest BCUT2D eigenvalue weighted by Crippen LogP contribution is -2.25. The van der Waals surface area contributed by atoms with Gasteiger partial charge in [-0.2, -0.15) is 5.10 Å². The summed E-state index contributed by atoms with van der Waals surface area (Å²) in [6, 6.07) is 0.220. The van der Waals surface area contributed by atoms with Crippen LogP contribution in [0.3, 0.4) is 0 Å². The van der Waals surface area contributed by atoms with E-state index in [1.165, 1.54) is 28.6 Å². The average molecular weight is 404 g/mol. The molecular weight excluding hydrogens is 375 g/mol. The molecule has 0 saturated carbocycles. The van der Waals surface area contributed by atoms with E-state index in [4.69, 9.17) is 14.0 Å². The van der Waals surface area contributed by atoms with Gasteiger partial charge in [-0.3, -0.25) is 4.98 Å². The Bertz CT molecular complexity index is 1300. The Morgan fingerprint density at radius 3 is 3.14 bits per heavy atom. The molecule has 0 radical (unpaired) electrons. The highest BCUT2D eigenvalue weighted by Crippen LogP contribution is 2.37. The Morgan fingerprint density at radius 2 is 2.38 bits per heavy atom. The molecule has 4 heterocycles. The summed E-state index contributed by atoms with van der Waals surface area (Å²) in [7, 11) is 0. The number of aromatic nitrogens is 4. The van der Waals surface area contributed by atoms with E-state index in [0.29, 0.717) is 0 Å². The number of aryl methyl sites for hydroxylation is 1. The molecule has 1 saturated heterocycles. The van der Waals surface area contributed by atoms with Crippen molar-refractivity contribution < 1.29 is 22.5 Å². The summed E-state index contributed by atoms with van der Waals surface area (Å²) in [6.07, 6.45) is -1.95. The molecule has 29 heavy (non-hydrogen) atoms. The van der Waals surface area contributed by atoms with Gasteiger partial charge in [0.2, 0.25) is 0 Å². The van der Waals surface area contributed by atoms with Crippen LogP contribution >= 0.6 is 0 Å². The topological polar surface area (TPSA) is 110 Å². The van der Waals surface area contributed by atoms with E-state index in [1.807, 2.05) is 0 Å². The molecule has 1 aliphatic heterocycles. The lowest BCUT2D eigenvalue weighted by atomic mass is 9.98. The summed E-state index contributed by atoms with van der Waals surface area (Å²) in [4.78, 5) is 21.0. The van der Waals surface area contributed by atoms with Crippen LogP contribution in [0, 0.1) is 5.82 Å². The first-order valence-electron chi connectivity index (χ1n) is 12.0. The molecule has 3 N–H and O–H groups in total. The Morgan fingerprint density at radius 1 is 1.55 bits per heavy atom. The number of carboxylic acids is 1. The van der Waals surface area contributed by atoms with Gasteiger partial charge < -0.3 is 15.7 Å². The Labute approximate surface area is 175 Å². The molecule has 0 spiro atoms. The predicted molar refractivity (Wildman–Crippen MR) is 105 cm³/mol. The van der Waals surface area contributed by atoms with Gasteiger partial charge in [0.1, 0.15) is 17.2 Å². The second kappa shape index (κ2) is 7.75. The van der Waals surface area contributed by atoms with Crippen molar-refractivity contribution in [2.75, 3.05) is 11.4 Å². The second-order valence-corrected chi connectivity index (χ2v) is 6.65. The van der Waals surface area contributed by atoms with Crippen molar-refractivity contribution in [1.29, 1.82) is 0 Å². The van der Waals surface area contributed by atoms with Crippen molar-refractivity contribution in [2.45, 2.75) is 44.6 Å². The lowest BCUT2D eigenvalue weighted by Gasteiger charge is -2.27. The van der Waals surface area contributed by atoms with E-state index in [9.17, 15) is 14.3 Å². The van der Waals surface area contributed by atoms with Crippen molar-refractivity contribution in [3.63, 3.8) is 0 Å². The molecule has 0 amide bonds. The SMILES string of the molecule is [2H]C1([2H])CCC(c2cc(F)cnc2C([2H])([2H])C([2H])([2H])[C@@H](C)N)N1c1ccn2ncc(C(=O)O)c2n1. The third kappa shape index (κ3) is 3.77. The monoisotopic (exact) mass is 404 g/mol. The standard InChI is InChI=1S/C20H23FN6O2/c1-12(22)4-5-16-14(9-13(21)10-23-16)17-3-2-7-26(17)18-6-8-27-19(25-18)15(11-24-27)20(28)29/h6,8-12,17H,2-5,7,22H2,1H3,(H,28,29)/t12-,17?/m1/s1/i4D2,5D2,7D2. The second-order valence-electron chi connectivity index (χ2n) is 6.65. The van der Waals surface area contributed by atoms with Crippen LogP contribution in [0.2, 0.25) is 0 Å². The number of nitrogens with two attached hydrogens (primary N) is 1. The van der Waals surface area contributed by atoms with Gasteiger partial charge in [0.05, 0.1) is 18.4 Å². The van der Waals surface area contributed by atoms with Crippen LogP contribution < -0.4 is 10.6 Å². The van der Waals surface area contributed by atoms with E-state index in [-0.39, 0.29) is 35.4 Å². The minimum Gasteiger partial charge on any atom is -0.477 e. The maximum Gasteiger partial charge on any atom is 0.341 e. The van der Waals surface area contributed by atoms with Gasteiger partial charge >= 0.3 is 5.97 Å². The third-order valence-corrected chi connectivity index (χ3v) is 4.50. The van der Waals surface area contributed by atoms with Gasteiger partial charge in [-0.05, 0) is 50.2 Å². The molecular formula is C20H23FN6O2. The smallest absolute Gasteiger partial charge is 0.341 e. The predicted octanol–water partition coefficient (Wildman–Crippen LogP) is 2.58. The summed E-state index contributed by atoms with van der Waals surface area (Å²) in [5.74, 6) is -2.05. The van der Waals surface area contributed by atoms with Gasteiger partial charge in [0, 0.05) is 32.7 Å². The number of carbonyl (C=O) groups is 1. The Balaban J connectivity index is 1.90. The zero-order valence-electron chi connectivity index (χ0n) is 21.5. The molecule has 0 aromatic carbocycles. The Kier molecular flexibility index (Phi) is 3.53. The zero-order chi connectivity index (χ0) is 25.9. The van der Waals surface area contributed by atoms with Crippen LogP contribution in [0.25, 0.3) is 5.65 Å². The molecule has 8 nitrogen and oxygen atoms in total. The van der Waals surface area contributed by atoms with Crippen molar-refractivity contribution >= 4 is 17.4 Å². The molecule has 9 heteroatoms. The van der Waals surface area contributed by atoms with Gasteiger partial charge in [0.25, 0.3) is 0 Å². The van der Waals surface area contributed by atoms with Crippen LogP contribution in [-0.4, -0.2) is 43.2 Å². The van der Waals surface area contributed by atoms with Crippen LogP contribution in [-0.2, 0) is 6.37 Å². The quantitative estimate of drug-likeness (QED) is 0.650. The Hall–Kier alpha value is -3.07. The van der Waals surface area contributed by atoms with E-state index >= 15 is 0 Å². The minimum atomic E-state index is -2.75. The van der Waals surface area contributed by atoms with Crippen LogP contribution in [0.1, 0.15) is 62.0 Å². The number of rotatable bonds is 6. The molecule has 3 aromatic heterocycles. The lowest BCUT2D eigenvalue weighted by molar-refractivity contribution is 0.0698. The number of hydrogen-bond donors (Lipinski definition) is 2. The average Bonchev–Trinajstić information content (AvgIpc) is 3.32.